The summed E-state index contributed by atoms with van der Waals surface area (Å²) in [7, 11) is 1.67. The molecule has 0 aliphatic rings. The van der Waals surface area contributed by atoms with Crippen molar-refractivity contribution in [2.24, 2.45) is 0 Å². The van der Waals surface area contributed by atoms with E-state index in [9.17, 15) is 4.79 Å². The molecule has 0 bridgehead atoms. The minimum absolute atomic E-state index is 0.0918. The van der Waals surface area contributed by atoms with Crippen molar-refractivity contribution in [1.29, 1.82) is 0 Å². The molecule has 0 fully saturated rings. The number of fused-ring (bicyclic) bond motifs is 1. The van der Waals surface area contributed by atoms with Gasteiger partial charge in [-0.05, 0) is 25.5 Å². The Labute approximate surface area is 180 Å². The van der Waals surface area contributed by atoms with Crippen LogP contribution < -0.4 is 10.6 Å². The van der Waals surface area contributed by atoms with E-state index in [-0.39, 0.29) is 5.91 Å². The number of rotatable bonds is 11. The number of aromatic nitrogens is 4. The molecule has 1 amide bonds. The molecule has 3 aromatic rings. The highest BCUT2D eigenvalue weighted by atomic mass is 32.2. The van der Waals surface area contributed by atoms with E-state index in [0.717, 1.165) is 39.7 Å². The number of nitrogens with zero attached hydrogens (tertiary/aromatic N) is 4. The van der Waals surface area contributed by atoms with Crippen molar-refractivity contribution in [3.63, 3.8) is 0 Å². The van der Waals surface area contributed by atoms with E-state index in [1.54, 1.807) is 25.1 Å². The molecule has 160 valence electrons. The summed E-state index contributed by atoms with van der Waals surface area (Å²) in [6, 6.07) is 7.55. The van der Waals surface area contributed by atoms with Gasteiger partial charge in [0.15, 0.2) is 10.8 Å². The number of nitrogens with one attached hydrogen (secondary N) is 2. The smallest absolute Gasteiger partial charge is 0.251 e. The van der Waals surface area contributed by atoms with Gasteiger partial charge in [0.1, 0.15) is 5.82 Å². The number of amides is 1. The maximum Gasteiger partial charge on any atom is 0.251 e. The Morgan fingerprint density at radius 3 is 2.90 bits per heavy atom. The second-order valence-corrected chi connectivity index (χ2v) is 7.92. The summed E-state index contributed by atoms with van der Waals surface area (Å²) < 4.78 is 6.93. The number of aryl methyl sites for hydroxylation is 1. The summed E-state index contributed by atoms with van der Waals surface area (Å²) in [6.45, 7) is 6.31. The fraction of sp³-hybridized carbons (Fsp3) is 0.429. The maximum atomic E-state index is 12.4. The van der Waals surface area contributed by atoms with Crippen molar-refractivity contribution >= 4 is 34.5 Å². The summed E-state index contributed by atoms with van der Waals surface area (Å²) in [5.74, 6) is 1.61. The van der Waals surface area contributed by atoms with Crippen LogP contribution in [0.4, 0.5) is 5.82 Å². The van der Waals surface area contributed by atoms with E-state index in [2.05, 4.69) is 27.6 Å². The third kappa shape index (κ3) is 5.70. The van der Waals surface area contributed by atoms with Gasteiger partial charge in [0.25, 0.3) is 5.91 Å². The highest BCUT2D eigenvalue weighted by Crippen LogP contribution is 2.24. The summed E-state index contributed by atoms with van der Waals surface area (Å²) in [5.41, 5.74) is 2.47. The second kappa shape index (κ2) is 10.9. The molecule has 0 spiro atoms. The zero-order valence-electron chi connectivity index (χ0n) is 17.6. The largest absolute Gasteiger partial charge is 0.383 e. The van der Waals surface area contributed by atoms with Crippen LogP contribution in [0.25, 0.3) is 11.0 Å². The molecule has 8 nitrogen and oxygen atoms in total. The lowest BCUT2D eigenvalue weighted by atomic mass is 10.1. The number of methoxy groups -OCH3 is 1. The van der Waals surface area contributed by atoms with E-state index >= 15 is 0 Å². The van der Waals surface area contributed by atoms with Crippen LogP contribution in [0.15, 0.2) is 35.6 Å². The van der Waals surface area contributed by atoms with E-state index in [4.69, 9.17) is 9.72 Å². The lowest BCUT2D eigenvalue weighted by Crippen LogP contribution is -2.27. The van der Waals surface area contributed by atoms with Gasteiger partial charge in [-0.3, -0.25) is 4.79 Å². The Balaban J connectivity index is 1.73. The van der Waals surface area contributed by atoms with Crippen molar-refractivity contribution in [3.05, 3.63) is 41.6 Å². The number of hydrogen-bond acceptors (Lipinski definition) is 7. The lowest BCUT2D eigenvalue weighted by molar-refractivity contribution is 0.0952. The molecule has 2 heterocycles. The molecule has 0 unspecified atom stereocenters. The molecular weight excluding hydrogens is 400 g/mol. The number of thioether (sulfide) groups is 1. The zero-order valence-corrected chi connectivity index (χ0v) is 18.5. The van der Waals surface area contributed by atoms with Crippen LogP contribution in [0, 0.1) is 6.92 Å². The van der Waals surface area contributed by atoms with Crippen LogP contribution >= 0.6 is 11.8 Å². The molecule has 0 aliphatic carbocycles. The molecule has 0 saturated carbocycles. The summed E-state index contributed by atoms with van der Waals surface area (Å²) in [6.07, 6.45) is 2.81. The van der Waals surface area contributed by atoms with Crippen LogP contribution in [0.2, 0.25) is 0 Å². The number of anilines is 1. The van der Waals surface area contributed by atoms with Crippen molar-refractivity contribution in [2.75, 3.05) is 37.9 Å². The summed E-state index contributed by atoms with van der Waals surface area (Å²) in [5, 5.41) is 12.3. The number of benzene rings is 1. The molecule has 3 rings (SSSR count). The van der Waals surface area contributed by atoms with E-state index in [1.165, 1.54) is 0 Å². The first kappa shape index (κ1) is 22.0. The maximum absolute atomic E-state index is 12.4. The first-order valence-electron chi connectivity index (χ1n) is 10.1. The van der Waals surface area contributed by atoms with Crippen molar-refractivity contribution < 1.29 is 9.53 Å². The van der Waals surface area contributed by atoms with E-state index in [1.807, 2.05) is 35.9 Å². The molecule has 1 aromatic carbocycles. The van der Waals surface area contributed by atoms with Crippen LogP contribution in [-0.2, 0) is 11.3 Å². The standard InChI is InChI=1S/C21H28N6O2S/c1-4-12-30-21-25-18(22-9-11-29-3)17-14-24-27(19(17)26-21)10-8-23-20(28)16-7-5-6-15(2)13-16/h5-7,13-14H,4,8-12H2,1-3H3,(H,23,28)(H,22,25,26). The number of hydrogen-bond donors (Lipinski definition) is 2. The first-order valence-corrected chi connectivity index (χ1v) is 11.0. The van der Waals surface area contributed by atoms with Gasteiger partial charge >= 0.3 is 0 Å². The van der Waals surface area contributed by atoms with Gasteiger partial charge < -0.3 is 15.4 Å². The molecule has 30 heavy (non-hydrogen) atoms. The monoisotopic (exact) mass is 428 g/mol. The van der Waals surface area contributed by atoms with Crippen molar-refractivity contribution in [1.82, 2.24) is 25.1 Å². The van der Waals surface area contributed by atoms with Crippen molar-refractivity contribution in [3.8, 4) is 0 Å². The van der Waals surface area contributed by atoms with E-state index in [0.29, 0.717) is 31.8 Å². The summed E-state index contributed by atoms with van der Waals surface area (Å²) in [4.78, 5) is 21.7. The number of carbonyl (C=O) groups is 1. The van der Waals surface area contributed by atoms with Gasteiger partial charge in [0.05, 0.1) is 24.7 Å². The highest BCUT2D eigenvalue weighted by Gasteiger charge is 2.14. The van der Waals surface area contributed by atoms with Crippen molar-refractivity contribution in [2.45, 2.75) is 32.0 Å². The minimum atomic E-state index is -0.0918. The van der Waals surface area contributed by atoms with Crippen LogP contribution in [-0.4, -0.2) is 58.2 Å². The molecule has 2 N–H and O–H groups in total. The third-order valence-corrected chi connectivity index (χ3v) is 5.45. The van der Waals surface area contributed by atoms with Gasteiger partial charge in [-0.1, -0.05) is 36.4 Å². The molecule has 0 radical (unpaired) electrons. The van der Waals surface area contributed by atoms with Gasteiger partial charge in [-0.25, -0.2) is 14.6 Å². The average molecular weight is 429 g/mol. The molecule has 9 heteroatoms. The van der Waals surface area contributed by atoms with E-state index < -0.39 is 0 Å². The highest BCUT2D eigenvalue weighted by molar-refractivity contribution is 7.99. The van der Waals surface area contributed by atoms with Gasteiger partial charge in [-0.2, -0.15) is 5.10 Å². The Morgan fingerprint density at radius 1 is 1.27 bits per heavy atom. The van der Waals surface area contributed by atoms with Crippen LogP contribution in [0.1, 0.15) is 29.3 Å². The fourth-order valence-electron chi connectivity index (χ4n) is 2.93. The quantitative estimate of drug-likeness (QED) is 0.275. The summed E-state index contributed by atoms with van der Waals surface area (Å²) >= 11 is 1.62. The fourth-order valence-corrected chi connectivity index (χ4v) is 3.62. The molecule has 0 aliphatic heterocycles. The SMILES string of the molecule is CCCSc1nc(NCCOC)c2cnn(CCNC(=O)c3cccc(C)c3)c2n1. The molecule has 0 atom stereocenters. The Hall–Kier alpha value is -2.65. The minimum Gasteiger partial charge on any atom is -0.383 e. The van der Waals surface area contributed by atoms with Crippen LogP contribution in [0.3, 0.4) is 0 Å². The number of carbonyl (C=O) groups excluding carboxylic acids is 1. The first-order chi connectivity index (χ1) is 14.6. The topological polar surface area (TPSA) is 94.0 Å². The second-order valence-electron chi connectivity index (χ2n) is 6.85. The molecule has 0 saturated heterocycles. The predicted octanol–water partition coefficient (Wildman–Crippen LogP) is 3.13. The van der Waals surface area contributed by atoms with Gasteiger partial charge in [0, 0.05) is 31.5 Å². The Morgan fingerprint density at radius 2 is 2.13 bits per heavy atom. The Bertz CT molecular complexity index is 991. The normalized spacial score (nSPS) is 11.0. The Kier molecular flexibility index (Phi) is 8.04. The molecular formula is C21H28N6O2S. The lowest BCUT2D eigenvalue weighted by Gasteiger charge is -2.10. The molecule has 2 aromatic heterocycles. The zero-order chi connectivity index (χ0) is 21.3. The van der Waals surface area contributed by atoms with Crippen LogP contribution in [0.5, 0.6) is 0 Å². The van der Waals surface area contributed by atoms with Gasteiger partial charge in [0.2, 0.25) is 0 Å². The third-order valence-electron chi connectivity index (χ3n) is 4.40. The number of ether oxygens (including phenoxy) is 1. The van der Waals surface area contributed by atoms with Gasteiger partial charge in [-0.15, -0.1) is 0 Å². The predicted molar refractivity (Wildman–Crippen MR) is 120 cm³/mol. The average Bonchev–Trinajstić information content (AvgIpc) is 3.15.